The first-order valence-electron chi connectivity index (χ1n) is 7.30. The fraction of sp³-hybridized carbons (Fsp3) is 0.500. The van der Waals surface area contributed by atoms with Crippen molar-refractivity contribution in [3.05, 3.63) is 43.3 Å². The fourth-order valence-corrected chi connectivity index (χ4v) is 5.60. The van der Waals surface area contributed by atoms with E-state index in [1.807, 2.05) is 22.7 Å². The van der Waals surface area contributed by atoms with Crippen LogP contribution >= 0.6 is 22.7 Å². The maximum atomic E-state index is 3.79. The van der Waals surface area contributed by atoms with Crippen molar-refractivity contribution in [3.8, 4) is 0 Å². The number of hydrogen-bond acceptors (Lipinski definition) is 3. The highest BCUT2D eigenvalue weighted by atomic mass is 32.1. The normalized spacial score (nSPS) is 21.4. The van der Waals surface area contributed by atoms with E-state index in [1.54, 1.807) is 20.9 Å². The van der Waals surface area contributed by atoms with Gasteiger partial charge in [-0.2, -0.15) is 0 Å². The van der Waals surface area contributed by atoms with E-state index in [1.165, 1.54) is 43.4 Å². The highest BCUT2D eigenvalue weighted by Gasteiger charge is 2.21. The Kier molecular flexibility index (Phi) is 3.22. The van der Waals surface area contributed by atoms with Crippen LogP contribution in [0.4, 0.5) is 0 Å². The minimum Gasteiger partial charge on any atom is -0.305 e. The average Bonchev–Trinajstić information content (AvgIpc) is 3.10. The molecule has 1 N–H and O–H groups in total. The molecule has 1 atom stereocenters. The van der Waals surface area contributed by atoms with Gasteiger partial charge in [-0.25, -0.2) is 0 Å². The van der Waals surface area contributed by atoms with E-state index >= 15 is 0 Å². The fourth-order valence-electron chi connectivity index (χ4n) is 3.40. The Labute approximate surface area is 122 Å². The molecule has 2 aliphatic carbocycles. The predicted octanol–water partition coefficient (Wildman–Crippen LogP) is 4.47. The van der Waals surface area contributed by atoms with E-state index < -0.39 is 0 Å². The van der Waals surface area contributed by atoms with Gasteiger partial charge in [0.15, 0.2) is 0 Å². The third kappa shape index (κ3) is 2.28. The van der Waals surface area contributed by atoms with Crippen molar-refractivity contribution in [1.82, 2.24) is 5.32 Å². The number of thiophene rings is 2. The maximum absolute atomic E-state index is 3.79. The van der Waals surface area contributed by atoms with E-state index in [0.717, 1.165) is 6.54 Å². The van der Waals surface area contributed by atoms with Crippen molar-refractivity contribution >= 4 is 22.7 Å². The molecule has 2 heterocycles. The van der Waals surface area contributed by atoms with Crippen LogP contribution in [0.1, 0.15) is 51.1 Å². The summed E-state index contributed by atoms with van der Waals surface area (Å²) in [7, 11) is 0. The van der Waals surface area contributed by atoms with Crippen LogP contribution in [0.25, 0.3) is 0 Å². The number of fused-ring (bicyclic) bond motifs is 2. The Morgan fingerprint density at radius 3 is 3.05 bits per heavy atom. The van der Waals surface area contributed by atoms with Crippen molar-refractivity contribution in [2.24, 2.45) is 0 Å². The zero-order chi connectivity index (χ0) is 12.7. The topological polar surface area (TPSA) is 12.0 Å². The first-order chi connectivity index (χ1) is 9.40. The van der Waals surface area contributed by atoms with Crippen LogP contribution in [0.2, 0.25) is 0 Å². The lowest BCUT2D eigenvalue weighted by Gasteiger charge is -2.23. The van der Waals surface area contributed by atoms with Crippen molar-refractivity contribution in [2.45, 2.75) is 51.1 Å². The molecule has 100 valence electrons. The van der Waals surface area contributed by atoms with Crippen molar-refractivity contribution in [1.29, 1.82) is 0 Å². The van der Waals surface area contributed by atoms with Crippen LogP contribution in [-0.2, 0) is 25.8 Å². The van der Waals surface area contributed by atoms with Gasteiger partial charge < -0.3 is 5.32 Å². The van der Waals surface area contributed by atoms with Crippen molar-refractivity contribution in [2.75, 3.05) is 0 Å². The first-order valence-corrected chi connectivity index (χ1v) is 9.00. The van der Waals surface area contributed by atoms with Gasteiger partial charge in [0.2, 0.25) is 0 Å². The van der Waals surface area contributed by atoms with Crippen LogP contribution in [0, 0.1) is 0 Å². The lowest BCUT2D eigenvalue weighted by atomic mass is 9.94. The molecular formula is C16H19NS2. The molecule has 0 radical (unpaired) electrons. The summed E-state index contributed by atoms with van der Waals surface area (Å²) in [5.41, 5.74) is 3.20. The first kappa shape index (κ1) is 12.1. The molecule has 0 spiro atoms. The van der Waals surface area contributed by atoms with E-state index in [-0.39, 0.29) is 0 Å². The van der Waals surface area contributed by atoms with Gasteiger partial charge in [0.05, 0.1) is 0 Å². The molecule has 0 aromatic carbocycles. The number of rotatable bonds is 3. The zero-order valence-corrected chi connectivity index (χ0v) is 12.7. The summed E-state index contributed by atoms with van der Waals surface area (Å²) < 4.78 is 0. The summed E-state index contributed by atoms with van der Waals surface area (Å²) in [5, 5.41) is 6.04. The van der Waals surface area contributed by atoms with Gasteiger partial charge >= 0.3 is 0 Å². The number of aryl methyl sites for hydroxylation is 3. The molecule has 0 saturated heterocycles. The number of hydrogen-bond donors (Lipinski definition) is 1. The summed E-state index contributed by atoms with van der Waals surface area (Å²) in [5.74, 6) is 0. The lowest BCUT2D eigenvalue weighted by Crippen LogP contribution is -2.23. The number of nitrogens with one attached hydrogen (secondary N) is 1. The molecule has 0 bridgehead atoms. The average molecular weight is 289 g/mol. The molecule has 2 aromatic heterocycles. The summed E-state index contributed by atoms with van der Waals surface area (Å²) in [6, 6.07) is 5.36. The molecule has 19 heavy (non-hydrogen) atoms. The molecular weight excluding hydrogens is 270 g/mol. The highest BCUT2D eigenvalue weighted by Crippen LogP contribution is 2.34. The molecule has 0 amide bonds. The maximum Gasteiger partial charge on any atom is 0.0334 e. The molecule has 1 nitrogen and oxygen atoms in total. The third-order valence-corrected chi connectivity index (χ3v) is 6.61. The van der Waals surface area contributed by atoms with E-state index in [0.29, 0.717) is 6.04 Å². The molecule has 1 unspecified atom stereocenters. The second-order valence-electron chi connectivity index (χ2n) is 5.64. The van der Waals surface area contributed by atoms with Gasteiger partial charge in [-0.15, -0.1) is 22.7 Å². The van der Waals surface area contributed by atoms with Crippen LogP contribution in [0.3, 0.4) is 0 Å². The van der Waals surface area contributed by atoms with Gasteiger partial charge in [-0.05, 0) is 67.2 Å². The van der Waals surface area contributed by atoms with Gasteiger partial charge in [-0.1, -0.05) is 0 Å². The van der Waals surface area contributed by atoms with Crippen LogP contribution in [0.5, 0.6) is 0 Å². The quantitative estimate of drug-likeness (QED) is 0.879. The second kappa shape index (κ2) is 5.04. The Balaban J connectivity index is 1.45. The molecule has 0 saturated carbocycles. The molecule has 2 aliphatic rings. The Morgan fingerprint density at radius 1 is 1.16 bits per heavy atom. The van der Waals surface area contributed by atoms with Gasteiger partial charge in [0.1, 0.15) is 0 Å². The standard InChI is InChI=1S/C16H19NS2/c1-3-11-9-12(19-15(11)5-1)10-17-14-4-2-6-16-13(14)7-8-18-16/h7-9,14,17H,1-6,10H2. The molecule has 0 aliphatic heterocycles. The summed E-state index contributed by atoms with van der Waals surface area (Å²) >= 11 is 3.97. The minimum absolute atomic E-state index is 0.590. The monoisotopic (exact) mass is 289 g/mol. The largest absolute Gasteiger partial charge is 0.305 e. The molecule has 0 fully saturated rings. The summed E-state index contributed by atoms with van der Waals surface area (Å²) in [6.45, 7) is 1.05. The third-order valence-electron chi connectivity index (χ3n) is 4.37. The molecule has 2 aromatic rings. The summed E-state index contributed by atoms with van der Waals surface area (Å²) in [6.07, 6.45) is 7.93. The second-order valence-corrected chi connectivity index (χ2v) is 7.86. The van der Waals surface area contributed by atoms with Crippen molar-refractivity contribution < 1.29 is 0 Å². The van der Waals surface area contributed by atoms with Gasteiger partial charge in [0.25, 0.3) is 0 Å². The van der Waals surface area contributed by atoms with E-state index in [2.05, 4.69) is 22.8 Å². The SMILES string of the molecule is c1cc2c(s1)CCCC2NCc1cc2c(s1)CCC2. The Hall–Kier alpha value is -0.640. The van der Waals surface area contributed by atoms with Crippen molar-refractivity contribution in [3.63, 3.8) is 0 Å². The lowest BCUT2D eigenvalue weighted by molar-refractivity contribution is 0.465. The van der Waals surface area contributed by atoms with Crippen LogP contribution in [-0.4, -0.2) is 0 Å². The molecule has 4 rings (SSSR count). The predicted molar refractivity (Wildman–Crippen MR) is 83.2 cm³/mol. The highest BCUT2D eigenvalue weighted by molar-refractivity contribution is 7.12. The molecule has 3 heteroatoms. The van der Waals surface area contributed by atoms with Gasteiger partial charge in [-0.3, -0.25) is 0 Å². The van der Waals surface area contributed by atoms with Crippen LogP contribution in [0.15, 0.2) is 17.5 Å². The smallest absolute Gasteiger partial charge is 0.0334 e. The Morgan fingerprint density at radius 2 is 2.11 bits per heavy atom. The van der Waals surface area contributed by atoms with E-state index in [4.69, 9.17) is 0 Å². The minimum atomic E-state index is 0.590. The van der Waals surface area contributed by atoms with Gasteiger partial charge in [0, 0.05) is 27.2 Å². The summed E-state index contributed by atoms with van der Waals surface area (Å²) in [4.78, 5) is 4.79. The zero-order valence-electron chi connectivity index (χ0n) is 11.1. The Bertz CT molecular complexity index is 560. The van der Waals surface area contributed by atoms with E-state index in [9.17, 15) is 0 Å². The van der Waals surface area contributed by atoms with Crippen LogP contribution < -0.4 is 5.32 Å².